The molecule has 1 atom stereocenters. The van der Waals surface area contributed by atoms with E-state index in [-0.39, 0.29) is 6.10 Å². The summed E-state index contributed by atoms with van der Waals surface area (Å²) < 4.78 is 11.0. The van der Waals surface area contributed by atoms with E-state index in [1.807, 2.05) is 0 Å². The molecule has 0 N–H and O–H groups in total. The maximum Gasteiger partial charge on any atom is 0.135 e. The highest BCUT2D eigenvalue weighted by Crippen LogP contribution is 2.21. The lowest BCUT2D eigenvalue weighted by molar-refractivity contribution is -0.118. The Morgan fingerprint density at radius 3 is 2.71 bits per heavy atom. The van der Waals surface area contributed by atoms with Gasteiger partial charge in [0.05, 0.1) is 6.10 Å². The third-order valence-corrected chi connectivity index (χ3v) is 3.11. The first-order chi connectivity index (χ1) is 6.84. The Kier molecular flexibility index (Phi) is 3.54. The molecule has 0 spiro atoms. The molecule has 0 aromatic heterocycles. The Bertz CT molecular complexity index is 197. The Morgan fingerprint density at radius 2 is 2.07 bits per heavy atom. The van der Waals surface area contributed by atoms with Crippen LogP contribution in [0, 0.1) is 5.92 Å². The van der Waals surface area contributed by atoms with Gasteiger partial charge in [0.1, 0.15) is 5.78 Å². The van der Waals surface area contributed by atoms with Gasteiger partial charge in [-0.3, -0.25) is 4.79 Å². The van der Waals surface area contributed by atoms with Crippen molar-refractivity contribution in [1.29, 1.82) is 0 Å². The van der Waals surface area contributed by atoms with E-state index in [1.54, 1.807) is 0 Å². The fraction of sp³-hybridized carbons (Fsp3) is 0.909. The molecule has 0 aromatic rings. The lowest BCUT2D eigenvalue weighted by atomic mass is 10.0. The Morgan fingerprint density at radius 1 is 1.29 bits per heavy atom. The number of ketones is 1. The molecule has 2 aliphatic rings. The minimum Gasteiger partial charge on any atom is -0.381 e. The summed E-state index contributed by atoms with van der Waals surface area (Å²) in [5.74, 6) is 1.02. The van der Waals surface area contributed by atoms with Crippen LogP contribution in [0.3, 0.4) is 0 Å². The van der Waals surface area contributed by atoms with Crippen molar-refractivity contribution in [3.63, 3.8) is 0 Å². The van der Waals surface area contributed by atoms with E-state index in [4.69, 9.17) is 9.47 Å². The summed E-state index contributed by atoms with van der Waals surface area (Å²) in [4.78, 5) is 11.0. The Hall–Kier alpha value is -0.410. The number of carbonyl (C=O) groups excluding carboxylic acids is 1. The van der Waals surface area contributed by atoms with Gasteiger partial charge < -0.3 is 9.47 Å². The largest absolute Gasteiger partial charge is 0.381 e. The van der Waals surface area contributed by atoms with E-state index in [9.17, 15) is 4.79 Å². The van der Waals surface area contributed by atoms with Crippen molar-refractivity contribution in [1.82, 2.24) is 0 Å². The molecule has 2 rings (SSSR count). The van der Waals surface area contributed by atoms with Gasteiger partial charge in [-0.05, 0) is 25.2 Å². The van der Waals surface area contributed by atoms with Crippen LogP contribution in [0.2, 0.25) is 0 Å². The zero-order valence-corrected chi connectivity index (χ0v) is 8.54. The maximum atomic E-state index is 11.0. The fourth-order valence-electron chi connectivity index (χ4n) is 2.11. The fourth-order valence-corrected chi connectivity index (χ4v) is 2.11. The van der Waals surface area contributed by atoms with Gasteiger partial charge in [0, 0.05) is 32.7 Å². The first kappa shape index (κ1) is 10.1. The number of hydrogen-bond donors (Lipinski definition) is 0. The molecule has 1 unspecified atom stereocenters. The van der Waals surface area contributed by atoms with Crippen LogP contribution in [0.5, 0.6) is 0 Å². The summed E-state index contributed by atoms with van der Waals surface area (Å²) in [5.41, 5.74) is 0. The maximum absolute atomic E-state index is 11.0. The smallest absolute Gasteiger partial charge is 0.135 e. The van der Waals surface area contributed by atoms with Crippen LogP contribution in [0.25, 0.3) is 0 Å². The molecule has 3 nitrogen and oxygen atoms in total. The highest BCUT2D eigenvalue weighted by atomic mass is 16.5. The molecule has 0 bridgehead atoms. The Labute approximate surface area is 84.8 Å². The second kappa shape index (κ2) is 4.89. The van der Waals surface area contributed by atoms with Crippen molar-refractivity contribution in [2.45, 2.75) is 38.2 Å². The summed E-state index contributed by atoms with van der Waals surface area (Å²) >= 11 is 0. The van der Waals surface area contributed by atoms with Gasteiger partial charge >= 0.3 is 0 Å². The lowest BCUT2D eigenvalue weighted by Crippen LogP contribution is -2.22. The number of rotatable bonds is 3. The van der Waals surface area contributed by atoms with E-state index in [1.165, 1.54) is 0 Å². The average molecular weight is 198 g/mol. The SMILES string of the molecule is O=C1CCC(OCC2CCOCC2)C1. The average Bonchev–Trinajstić information content (AvgIpc) is 2.63. The molecule has 2 fully saturated rings. The second-order valence-electron chi connectivity index (χ2n) is 4.29. The number of carbonyl (C=O) groups is 1. The van der Waals surface area contributed by atoms with Crippen molar-refractivity contribution in [2.75, 3.05) is 19.8 Å². The summed E-state index contributed by atoms with van der Waals surface area (Å²) in [6, 6.07) is 0. The van der Waals surface area contributed by atoms with Crippen molar-refractivity contribution < 1.29 is 14.3 Å². The topological polar surface area (TPSA) is 35.5 Å². The molecular weight excluding hydrogens is 180 g/mol. The number of hydrogen-bond acceptors (Lipinski definition) is 3. The monoisotopic (exact) mass is 198 g/mol. The van der Waals surface area contributed by atoms with Crippen LogP contribution in [0.4, 0.5) is 0 Å². The van der Waals surface area contributed by atoms with Crippen molar-refractivity contribution in [3.8, 4) is 0 Å². The lowest BCUT2D eigenvalue weighted by Gasteiger charge is -2.23. The van der Waals surface area contributed by atoms with Gasteiger partial charge in [0.25, 0.3) is 0 Å². The van der Waals surface area contributed by atoms with Crippen LogP contribution >= 0.6 is 0 Å². The predicted molar refractivity (Wildman–Crippen MR) is 52.1 cm³/mol. The highest BCUT2D eigenvalue weighted by molar-refractivity contribution is 5.81. The van der Waals surface area contributed by atoms with Gasteiger partial charge in [-0.2, -0.15) is 0 Å². The van der Waals surface area contributed by atoms with Crippen molar-refractivity contribution >= 4 is 5.78 Å². The van der Waals surface area contributed by atoms with Crippen LogP contribution in [0.15, 0.2) is 0 Å². The van der Waals surface area contributed by atoms with Crippen LogP contribution in [-0.2, 0) is 14.3 Å². The Balaban J connectivity index is 1.63. The molecule has 1 saturated heterocycles. The molecule has 0 aromatic carbocycles. The second-order valence-corrected chi connectivity index (χ2v) is 4.29. The zero-order valence-electron chi connectivity index (χ0n) is 8.54. The highest BCUT2D eigenvalue weighted by Gasteiger charge is 2.24. The summed E-state index contributed by atoms with van der Waals surface area (Å²) in [6.07, 6.45) is 4.73. The van der Waals surface area contributed by atoms with Gasteiger partial charge in [0.15, 0.2) is 0 Å². The molecule has 3 heteroatoms. The molecule has 1 saturated carbocycles. The normalized spacial score (nSPS) is 29.7. The summed E-state index contributed by atoms with van der Waals surface area (Å²) in [5, 5.41) is 0. The van der Waals surface area contributed by atoms with Gasteiger partial charge in [-0.15, -0.1) is 0 Å². The number of ether oxygens (including phenoxy) is 2. The molecule has 14 heavy (non-hydrogen) atoms. The van der Waals surface area contributed by atoms with Gasteiger partial charge in [0.2, 0.25) is 0 Å². The van der Waals surface area contributed by atoms with Crippen molar-refractivity contribution in [3.05, 3.63) is 0 Å². The standard InChI is InChI=1S/C11H18O3/c12-10-1-2-11(7-10)14-8-9-3-5-13-6-4-9/h9,11H,1-8H2. The zero-order chi connectivity index (χ0) is 9.80. The third-order valence-electron chi connectivity index (χ3n) is 3.11. The molecule has 80 valence electrons. The molecule has 1 aliphatic heterocycles. The quantitative estimate of drug-likeness (QED) is 0.690. The van der Waals surface area contributed by atoms with Crippen molar-refractivity contribution in [2.24, 2.45) is 5.92 Å². The minimum atomic E-state index is 0.213. The van der Waals surface area contributed by atoms with E-state index in [2.05, 4.69) is 0 Å². The third kappa shape index (κ3) is 2.79. The van der Waals surface area contributed by atoms with E-state index in [0.29, 0.717) is 18.1 Å². The first-order valence-electron chi connectivity index (χ1n) is 5.55. The van der Waals surface area contributed by atoms with E-state index >= 15 is 0 Å². The summed E-state index contributed by atoms with van der Waals surface area (Å²) in [7, 11) is 0. The number of Topliss-reactive ketones (excluding diaryl/α,β-unsaturated/α-hetero) is 1. The molecular formula is C11H18O3. The molecule has 1 aliphatic carbocycles. The summed E-state index contributed by atoms with van der Waals surface area (Å²) in [6.45, 7) is 2.57. The van der Waals surface area contributed by atoms with Gasteiger partial charge in [-0.1, -0.05) is 0 Å². The predicted octanol–water partition coefficient (Wildman–Crippen LogP) is 1.55. The first-order valence-corrected chi connectivity index (χ1v) is 5.55. The molecule has 0 amide bonds. The van der Waals surface area contributed by atoms with Crippen LogP contribution in [-0.4, -0.2) is 31.7 Å². The van der Waals surface area contributed by atoms with Crippen LogP contribution < -0.4 is 0 Å². The van der Waals surface area contributed by atoms with Crippen LogP contribution in [0.1, 0.15) is 32.1 Å². The molecule has 0 radical (unpaired) electrons. The minimum absolute atomic E-state index is 0.213. The molecule has 1 heterocycles. The van der Waals surface area contributed by atoms with Gasteiger partial charge in [-0.25, -0.2) is 0 Å². The van der Waals surface area contributed by atoms with E-state index in [0.717, 1.165) is 45.5 Å². The van der Waals surface area contributed by atoms with E-state index < -0.39 is 0 Å².